The van der Waals surface area contributed by atoms with E-state index in [0.29, 0.717) is 33.0 Å². The molecule has 108 valence electrons. The molecule has 0 bridgehead atoms. The van der Waals surface area contributed by atoms with Gasteiger partial charge in [-0.3, -0.25) is 0 Å². The molecule has 0 amide bonds. The molecule has 0 unspecified atom stereocenters. The topological polar surface area (TPSA) is 46.2 Å². The van der Waals surface area contributed by atoms with Gasteiger partial charge in [0.2, 0.25) is 0 Å². The van der Waals surface area contributed by atoms with Crippen molar-refractivity contribution in [3.63, 3.8) is 0 Å². The van der Waals surface area contributed by atoms with Gasteiger partial charge in [-0.1, -0.05) is 0 Å². The van der Waals surface area contributed by atoms with Crippen molar-refractivity contribution in [2.24, 2.45) is 0 Å². The van der Waals surface area contributed by atoms with E-state index in [1.807, 2.05) is 18.2 Å². The molecule has 19 heavy (non-hydrogen) atoms. The Balaban J connectivity index is 2.31. The summed E-state index contributed by atoms with van der Waals surface area (Å²) in [5, 5.41) is 0. The summed E-state index contributed by atoms with van der Waals surface area (Å²) in [6.45, 7) is 2.74. The Morgan fingerprint density at radius 3 is 2.26 bits per heavy atom. The van der Waals surface area contributed by atoms with Gasteiger partial charge < -0.3 is 23.7 Å². The summed E-state index contributed by atoms with van der Waals surface area (Å²) >= 11 is 0. The second kappa shape index (κ2) is 9.61. The fourth-order valence-electron chi connectivity index (χ4n) is 1.54. The van der Waals surface area contributed by atoms with Crippen LogP contribution in [0.3, 0.4) is 0 Å². The maximum atomic E-state index is 5.54. The highest BCUT2D eigenvalue weighted by Crippen LogP contribution is 2.24. The first kappa shape index (κ1) is 15.8. The molecule has 0 N–H and O–H groups in total. The molecule has 1 rings (SSSR count). The van der Waals surface area contributed by atoms with Crippen LogP contribution in [-0.2, 0) is 20.8 Å². The number of methoxy groups -OCH3 is 3. The van der Waals surface area contributed by atoms with Crippen LogP contribution < -0.4 is 9.47 Å². The molecule has 0 aromatic heterocycles. The van der Waals surface area contributed by atoms with Gasteiger partial charge in [-0.25, -0.2) is 0 Å². The van der Waals surface area contributed by atoms with Crippen molar-refractivity contribution in [2.45, 2.75) is 6.61 Å². The highest BCUT2D eigenvalue weighted by Gasteiger charge is 2.05. The minimum absolute atomic E-state index is 0.466. The molecule has 0 atom stereocenters. The van der Waals surface area contributed by atoms with Crippen LogP contribution in [0.1, 0.15) is 5.56 Å². The van der Waals surface area contributed by atoms with E-state index in [4.69, 9.17) is 23.7 Å². The zero-order valence-corrected chi connectivity index (χ0v) is 11.8. The summed E-state index contributed by atoms with van der Waals surface area (Å²) in [6.07, 6.45) is 0. The van der Waals surface area contributed by atoms with Gasteiger partial charge in [0.15, 0.2) is 0 Å². The van der Waals surface area contributed by atoms with E-state index in [0.717, 1.165) is 17.1 Å². The highest BCUT2D eigenvalue weighted by molar-refractivity contribution is 5.39. The Hall–Kier alpha value is -1.30. The van der Waals surface area contributed by atoms with Crippen LogP contribution >= 0.6 is 0 Å². The van der Waals surface area contributed by atoms with Gasteiger partial charge in [0.1, 0.15) is 11.5 Å². The first-order valence-electron chi connectivity index (χ1n) is 6.17. The number of hydrogen-bond acceptors (Lipinski definition) is 5. The van der Waals surface area contributed by atoms with Gasteiger partial charge in [0.25, 0.3) is 0 Å². The van der Waals surface area contributed by atoms with Crippen LogP contribution in [-0.4, -0.2) is 47.8 Å². The Morgan fingerprint density at radius 2 is 1.58 bits per heavy atom. The summed E-state index contributed by atoms with van der Waals surface area (Å²) in [4.78, 5) is 0. The van der Waals surface area contributed by atoms with Crippen LogP contribution in [0.15, 0.2) is 18.2 Å². The lowest BCUT2D eigenvalue weighted by atomic mass is 10.2. The first-order valence-corrected chi connectivity index (χ1v) is 6.17. The molecule has 0 saturated carbocycles. The van der Waals surface area contributed by atoms with E-state index in [-0.39, 0.29) is 0 Å². The van der Waals surface area contributed by atoms with Crippen LogP contribution in [0.4, 0.5) is 0 Å². The average molecular weight is 270 g/mol. The van der Waals surface area contributed by atoms with Crippen molar-refractivity contribution in [3.8, 4) is 11.5 Å². The van der Waals surface area contributed by atoms with E-state index in [9.17, 15) is 0 Å². The molecule has 5 heteroatoms. The fourth-order valence-corrected chi connectivity index (χ4v) is 1.54. The molecule has 0 aliphatic carbocycles. The number of rotatable bonds is 10. The molecule has 0 saturated heterocycles. The molecular formula is C14H22O5. The number of ether oxygens (including phenoxy) is 5. The largest absolute Gasteiger partial charge is 0.497 e. The smallest absolute Gasteiger partial charge is 0.124 e. The molecule has 0 heterocycles. The van der Waals surface area contributed by atoms with E-state index in [1.165, 1.54) is 0 Å². The van der Waals surface area contributed by atoms with Crippen LogP contribution in [0.2, 0.25) is 0 Å². The van der Waals surface area contributed by atoms with Crippen LogP contribution in [0.5, 0.6) is 11.5 Å². The predicted octanol–water partition coefficient (Wildman–Crippen LogP) is 1.88. The Kier molecular flexibility index (Phi) is 7.97. The molecule has 5 nitrogen and oxygen atoms in total. The normalized spacial score (nSPS) is 10.5. The molecular weight excluding hydrogens is 248 g/mol. The summed E-state index contributed by atoms with van der Waals surface area (Å²) in [7, 11) is 4.92. The monoisotopic (exact) mass is 270 g/mol. The van der Waals surface area contributed by atoms with Gasteiger partial charge in [-0.05, 0) is 18.2 Å². The second-order valence-electron chi connectivity index (χ2n) is 3.84. The minimum Gasteiger partial charge on any atom is -0.497 e. The Bertz CT molecular complexity index is 354. The first-order chi connectivity index (χ1) is 9.31. The lowest BCUT2D eigenvalue weighted by molar-refractivity contribution is 0.0195. The molecule has 0 radical (unpaired) electrons. The van der Waals surface area contributed by atoms with E-state index in [1.54, 1.807) is 21.3 Å². The summed E-state index contributed by atoms with van der Waals surface area (Å²) in [5.41, 5.74) is 0.957. The number of benzene rings is 1. The summed E-state index contributed by atoms with van der Waals surface area (Å²) < 4.78 is 26.2. The van der Waals surface area contributed by atoms with Crippen molar-refractivity contribution < 1.29 is 23.7 Å². The van der Waals surface area contributed by atoms with Crippen molar-refractivity contribution in [3.05, 3.63) is 23.8 Å². The van der Waals surface area contributed by atoms with Gasteiger partial charge in [-0.15, -0.1) is 0 Å². The Morgan fingerprint density at radius 1 is 0.842 bits per heavy atom. The molecule has 0 fully saturated rings. The van der Waals surface area contributed by atoms with Crippen molar-refractivity contribution >= 4 is 0 Å². The third-order valence-electron chi connectivity index (χ3n) is 2.55. The fraction of sp³-hybridized carbons (Fsp3) is 0.571. The number of hydrogen-bond donors (Lipinski definition) is 0. The maximum Gasteiger partial charge on any atom is 0.124 e. The van der Waals surface area contributed by atoms with Crippen LogP contribution in [0.25, 0.3) is 0 Å². The third-order valence-corrected chi connectivity index (χ3v) is 2.55. The summed E-state index contributed by atoms with van der Waals surface area (Å²) in [5.74, 6) is 1.58. The molecule has 1 aromatic rings. The molecule has 0 aliphatic rings. The third kappa shape index (κ3) is 5.92. The van der Waals surface area contributed by atoms with Crippen molar-refractivity contribution in [1.82, 2.24) is 0 Å². The standard InChI is InChI=1S/C14H22O5/c1-15-6-7-18-8-9-19-11-12-10-13(16-2)4-5-14(12)17-3/h4-5,10H,6-9,11H2,1-3H3. The molecule has 0 spiro atoms. The summed E-state index contributed by atoms with van der Waals surface area (Å²) in [6, 6.07) is 5.63. The Labute approximate surface area is 114 Å². The molecule has 1 aromatic carbocycles. The van der Waals surface area contributed by atoms with E-state index >= 15 is 0 Å². The zero-order valence-electron chi connectivity index (χ0n) is 11.8. The predicted molar refractivity (Wildman–Crippen MR) is 71.9 cm³/mol. The van der Waals surface area contributed by atoms with Crippen molar-refractivity contribution in [1.29, 1.82) is 0 Å². The molecule has 0 aliphatic heterocycles. The lowest BCUT2D eigenvalue weighted by Crippen LogP contribution is -2.08. The van der Waals surface area contributed by atoms with E-state index in [2.05, 4.69) is 0 Å². The lowest BCUT2D eigenvalue weighted by Gasteiger charge is -2.11. The van der Waals surface area contributed by atoms with Gasteiger partial charge in [-0.2, -0.15) is 0 Å². The highest BCUT2D eigenvalue weighted by atomic mass is 16.5. The average Bonchev–Trinajstić information content (AvgIpc) is 2.46. The van der Waals surface area contributed by atoms with Crippen LogP contribution in [0, 0.1) is 0 Å². The van der Waals surface area contributed by atoms with Gasteiger partial charge >= 0.3 is 0 Å². The quantitative estimate of drug-likeness (QED) is 0.607. The minimum atomic E-state index is 0.466. The SMILES string of the molecule is COCCOCCOCc1cc(OC)ccc1OC. The second-order valence-corrected chi connectivity index (χ2v) is 3.84. The van der Waals surface area contributed by atoms with Gasteiger partial charge in [0, 0.05) is 12.7 Å². The van der Waals surface area contributed by atoms with Gasteiger partial charge in [0.05, 0.1) is 47.3 Å². The van der Waals surface area contributed by atoms with Crippen molar-refractivity contribution in [2.75, 3.05) is 47.8 Å². The zero-order chi connectivity index (χ0) is 13.9. The maximum absolute atomic E-state index is 5.54. The van der Waals surface area contributed by atoms with E-state index < -0.39 is 0 Å².